The van der Waals surface area contributed by atoms with Gasteiger partial charge in [0.25, 0.3) is 0 Å². The summed E-state index contributed by atoms with van der Waals surface area (Å²) in [7, 11) is 2.81. The molecule has 3 saturated heterocycles. The van der Waals surface area contributed by atoms with Gasteiger partial charge in [-0.1, -0.05) is 32.0 Å². The van der Waals surface area contributed by atoms with Crippen LogP contribution in [0.25, 0.3) is 0 Å². The van der Waals surface area contributed by atoms with Crippen LogP contribution in [0.2, 0.25) is 0 Å². The number of rotatable bonds is 3. The van der Waals surface area contributed by atoms with Crippen molar-refractivity contribution in [1.29, 1.82) is 0 Å². The number of cyclic esters (lactones) is 1. The van der Waals surface area contributed by atoms with Gasteiger partial charge in [0.1, 0.15) is 6.10 Å². The molecule has 4 atom stereocenters. The minimum Gasteiger partial charge on any atom is -0.445 e. The third-order valence-electron chi connectivity index (χ3n) is 4.73. The number of nitrogens with zero attached hydrogens (tertiary/aromatic N) is 3. The van der Waals surface area contributed by atoms with Crippen LogP contribution in [0.3, 0.4) is 0 Å². The van der Waals surface area contributed by atoms with Gasteiger partial charge in [-0.05, 0) is 0 Å². The SMILES string of the molecule is O=C1OC(CI)CN1c1c[c-]c(N2CC3OCCN(P)C3C2)[c-]c1.[U].[V]. The number of benzene rings is 1. The molecule has 0 bridgehead atoms. The Bertz CT molecular complexity index is 629. The predicted molar refractivity (Wildman–Crippen MR) is 103 cm³/mol. The third-order valence-corrected chi connectivity index (χ3v) is 6.36. The number of fused-ring (bicyclic) bond motifs is 1. The van der Waals surface area contributed by atoms with Crippen LogP contribution in [0.5, 0.6) is 0 Å². The molecule has 0 N–H and O–H groups in total. The number of carbonyl (C=O) groups is 1. The van der Waals surface area contributed by atoms with Gasteiger partial charge in [0.05, 0.1) is 18.8 Å². The minimum atomic E-state index is -0.287. The van der Waals surface area contributed by atoms with Crippen molar-refractivity contribution in [3.63, 3.8) is 0 Å². The Balaban J connectivity index is 0.00000121. The van der Waals surface area contributed by atoms with E-state index in [4.69, 9.17) is 9.47 Å². The smallest absolute Gasteiger partial charge is 0.393 e. The quantitative estimate of drug-likeness (QED) is 0.204. The van der Waals surface area contributed by atoms with E-state index in [-0.39, 0.29) is 68.0 Å². The summed E-state index contributed by atoms with van der Waals surface area (Å²) in [6, 6.07) is 10.6. The van der Waals surface area contributed by atoms with Crippen molar-refractivity contribution in [3.05, 3.63) is 24.3 Å². The standard InChI is InChI=1S/C16H19IN3O3P.U.V/c17-7-13-8-19(16(21)23-13)12-3-1-11(2-4-12)18-9-14-15(10-18)22-6-5-20(14)24;;/h3-4,13-15H,5-10,24H2;;/q-2;;. The van der Waals surface area contributed by atoms with E-state index < -0.39 is 0 Å². The molecule has 1 radical (unpaired) electrons. The summed E-state index contributed by atoms with van der Waals surface area (Å²) in [4.78, 5) is 15.8. The van der Waals surface area contributed by atoms with E-state index in [0.29, 0.717) is 12.6 Å². The Morgan fingerprint density at radius 1 is 1.27 bits per heavy atom. The van der Waals surface area contributed by atoms with Crippen LogP contribution in [-0.2, 0) is 28.0 Å². The van der Waals surface area contributed by atoms with Crippen LogP contribution in [0.1, 0.15) is 0 Å². The summed E-state index contributed by atoms with van der Waals surface area (Å²) in [6.07, 6.45) is -0.0918. The molecule has 3 aliphatic rings. The van der Waals surface area contributed by atoms with Gasteiger partial charge < -0.3 is 31.4 Å². The van der Waals surface area contributed by atoms with Gasteiger partial charge in [0, 0.05) is 80.3 Å². The van der Waals surface area contributed by atoms with E-state index in [1.807, 2.05) is 12.1 Å². The first-order chi connectivity index (χ1) is 11.7. The summed E-state index contributed by atoms with van der Waals surface area (Å²) in [6.45, 7) is 4.07. The second-order valence-electron chi connectivity index (χ2n) is 6.24. The van der Waals surface area contributed by atoms with E-state index in [0.717, 1.165) is 42.0 Å². The van der Waals surface area contributed by atoms with Crippen molar-refractivity contribution in [2.24, 2.45) is 0 Å². The van der Waals surface area contributed by atoms with Crippen LogP contribution in [0, 0.1) is 43.2 Å². The Morgan fingerprint density at radius 3 is 2.62 bits per heavy atom. The predicted octanol–water partition coefficient (Wildman–Crippen LogP) is 1.72. The van der Waals surface area contributed by atoms with Crippen molar-refractivity contribution in [2.45, 2.75) is 18.2 Å². The molecule has 6 nitrogen and oxygen atoms in total. The molecule has 3 fully saturated rings. The number of carbonyl (C=O) groups excluding carboxylic acids is 1. The van der Waals surface area contributed by atoms with E-state index >= 15 is 0 Å². The second-order valence-corrected chi connectivity index (χ2v) is 7.78. The molecule has 4 rings (SSSR count). The number of ether oxygens (including phenoxy) is 2. The van der Waals surface area contributed by atoms with Crippen LogP contribution >= 0.6 is 32.0 Å². The summed E-state index contributed by atoms with van der Waals surface area (Å²) >= 11 is 2.23. The van der Waals surface area contributed by atoms with Crippen molar-refractivity contribution in [2.75, 3.05) is 47.0 Å². The summed E-state index contributed by atoms with van der Waals surface area (Å²) < 4.78 is 14.3. The number of halogens is 1. The number of hydrogen-bond donors (Lipinski definition) is 0. The number of morpholine rings is 1. The zero-order valence-electron chi connectivity index (χ0n) is 14.1. The summed E-state index contributed by atoms with van der Waals surface area (Å²) in [5.41, 5.74) is 1.71. The van der Waals surface area contributed by atoms with Gasteiger partial charge in [-0.25, -0.2) is 10.5 Å². The van der Waals surface area contributed by atoms with Gasteiger partial charge in [-0.2, -0.15) is 5.69 Å². The van der Waals surface area contributed by atoms with Crippen LogP contribution in [0.4, 0.5) is 16.2 Å². The first-order valence-corrected chi connectivity index (χ1v) is 10.1. The molecule has 1 aromatic carbocycles. The molecule has 3 aliphatic heterocycles. The van der Waals surface area contributed by atoms with Crippen LogP contribution in [0.15, 0.2) is 12.1 Å². The largest absolute Gasteiger partial charge is 0.445 e. The van der Waals surface area contributed by atoms with Crippen molar-refractivity contribution in [3.8, 4) is 0 Å². The molecule has 0 aromatic heterocycles. The minimum absolute atomic E-state index is 0. The fraction of sp³-hybridized carbons (Fsp3) is 0.562. The van der Waals surface area contributed by atoms with E-state index in [1.54, 1.807) is 4.90 Å². The fourth-order valence-electron chi connectivity index (χ4n) is 3.42. The van der Waals surface area contributed by atoms with Crippen molar-refractivity contribution in [1.82, 2.24) is 4.67 Å². The third kappa shape index (κ3) is 4.76. The van der Waals surface area contributed by atoms with E-state index in [1.165, 1.54) is 0 Å². The number of amides is 1. The molecule has 0 saturated carbocycles. The molecule has 1 amide bonds. The monoisotopic (exact) mass is 748 g/mol. The first-order valence-electron chi connectivity index (χ1n) is 8.01. The van der Waals surface area contributed by atoms with E-state index in [2.05, 4.69) is 53.7 Å². The Morgan fingerprint density at radius 2 is 2.00 bits per heavy atom. The van der Waals surface area contributed by atoms with Crippen LogP contribution in [-0.4, -0.2) is 66.2 Å². The molecule has 26 heavy (non-hydrogen) atoms. The maximum Gasteiger partial charge on any atom is 0.393 e. The Kier molecular flexibility index (Phi) is 9.10. The van der Waals surface area contributed by atoms with E-state index in [9.17, 15) is 4.79 Å². The number of alkyl halides is 1. The molecular formula is C16H19IN3O3PUV-2. The Labute approximate surface area is 205 Å². The maximum absolute atomic E-state index is 11.9. The molecule has 0 spiro atoms. The molecule has 1 aromatic rings. The maximum atomic E-state index is 11.9. The van der Waals surface area contributed by atoms with Gasteiger partial charge in [-0.3, -0.25) is 16.8 Å². The normalized spacial score (nSPS) is 28.2. The van der Waals surface area contributed by atoms with Gasteiger partial charge in [0.2, 0.25) is 0 Å². The summed E-state index contributed by atoms with van der Waals surface area (Å²) in [5.74, 6) is 0. The van der Waals surface area contributed by atoms with Crippen LogP contribution < -0.4 is 9.80 Å². The number of anilines is 2. The summed E-state index contributed by atoms with van der Waals surface area (Å²) in [5, 5.41) is 0. The fourth-order valence-corrected chi connectivity index (χ4v) is 4.27. The average molecular weight is 748 g/mol. The second kappa shape index (κ2) is 10.2. The zero-order valence-corrected chi connectivity index (χ0v) is 23.0. The molecule has 0 aliphatic carbocycles. The average Bonchev–Trinajstić information content (AvgIpc) is 3.19. The molecular weight excluding hydrogens is 729 g/mol. The number of hydrogen-bond acceptors (Lipinski definition) is 5. The topological polar surface area (TPSA) is 45.3 Å². The molecule has 4 unspecified atom stereocenters. The van der Waals surface area contributed by atoms with Gasteiger partial charge in [0.15, 0.2) is 0 Å². The van der Waals surface area contributed by atoms with Gasteiger partial charge in [-0.15, -0.1) is 0 Å². The van der Waals surface area contributed by atoms with Crippen molar-refractivity contribution < 1.29 is 63.9 Å². The first kappa shape index (κ1) is 23.3. The Hall–Kier alpha value is 1.01. The molecule has 3 heterocycles. The molecule has 10 heteroatoms. The molecule has 139 valence electrons. The zero-order chi connectivity index (χ0) is 16.7. The van der Waals surface area contributed by atoms with Gasteiger partial charge >= 0.3 is 6.09 Å². The van der Waals surface area contributed by atoms with Crippen molar-refractivity contribution >= 4 is 49.4 Å².